The Morgan fingerprint density at radius 2 is 2.27 bits per heavy atom. The van der Waals surface area contributed by atoms with Crippen LogP contribution in [0.5, 0.6) is 0 Å². The highest BCUT2D eigenvalue weighted by molar-refractivity contribution is 5.98. The molecule has 5 heteroatoms. The van der Waals surface area contributed by atoms with E-state index in [1.54, 1.807) is 0 Å². The average Bonchev–Trinajstić information content (AvgIpc) is 3.02. The summed E-state index contributed by atoms with van der Waals surface area (Å²) in [6.07, 6.45) is 4.28. The Labute approximate surface area is 89.9 Å². The van der Waals surface area contributed by atoms with Gasteiger partial charge in [0.05, 0.1) is 6.42 Å². The van der Waals surface area contributed by atoms with Crippen LogP contribution < -0.4 is 5.73 Å². The van der Waals surface area contributed by atoms with Gasteiger partial charge >= 0.3 is 0 Å². The molecule has 0 unspecified atom stereocenters. The third-order valence-electron chi connectivity index (χ3n) is 2.52. The molecule has 0 radical (unpaired) electrons. The topological polar surface area (TPSA) is 78.9 Å². The summed E-state index contributed by atoms with van der Waals surface area (Å²) in [6.45, 7) is 2.89. The van der Waals surface area contributed by atoms with Gasteiger partial charge in [0.1, 0.15) is 5.84 Å². The summed E-state index contributed by atoms with van der Waals surface area (Å²) >= 11 is 0. The molecule has 3 N–H and O–H groups in total. The number of nitrogens with two attached hydrogens (primary N) is 1. The van der Waals surface area contributed by atoms with Gasteiger partial charge in [-0.2, -0.15) is 0 Å². The summed E-state index contributed by atoms with van der Waals surface area (Å²) in [5, 5.41) is 11.2. The second-order valence-corrected chi connectivity index (χ2v) is 3.94. The van der Waals surface area contributed by atoms with E-state index in [0.717, 1.165) is 32.2 Å². The molecule has 1 aliphatic rings. The van der Waals surface area contributed by atoms with E-state index in [-0.39, 0.29) is 18.2 Å². The van der Waals surface area contributed by atoms with Crippen molar-refractivity contribution in [1.29, 1.82) is 0 Å². The molecule has 1 rings (SSSR count). The van der Waals surface area contributed by atoms with E-state index in [2.05, 4.69) is 12.1 Å². The fraction of sp³-hybridized carbons (Fsp3) is 0.800. The van der Waals surface area contributed by atoms with Crippen LogP contribution >= 0.6 is 0 Å². The molecule has 1 fully saturated rings. The Bertz CT molecular complexity index is 249. The van der Waals surface area contributed by atoms with Crippen molar-refractivity contribution < 1.29 is 10.0 Å². The Morgan fingerprint density at radius 3 is 2.73 bits per heavy atom. The second kappa shape index (κ2) is 5.58. The van der Waals surface area contributed by atoms with E-state index in [4.69, 9.17) is 10.9 Å². The second-order valence-electron chi connectivity index (χ2n) is 3.94. The lowest BCUT2D eigenvalue weighted by atomic mass is 10.2. The summed E-state index contributed by atoms with van der Waals surface area (Å²) in [5.41, 5.74) is 5.31. The number of unbranched alkanes of at least 4 members (excludes halogenated alkanes) is 1. The smallest absolute Gasteiger partial charge is 0.230 e. The van der Waals surface area contributed by atoms with Gasteiger partial charge in [-0.15, -0.1) is 0 Å². The van der Waals surface area contributed by atoms with Crippen LogP contribution in [0.25, 0.3) is 0 Å². The van der Waals surface area contributed by atoms with Crippen LogP contribution in [0.2, 0.25) is 0 Å². The molecule has 5 nitrogen and oxygen atoms in total. The number of rotatable bonds is 6. The average molecular weight is 213 g/mol. The lowest BCUT2D eigenvalue weighted by Crippen LogP contribution is -2.36. The Kier molecular flexibility index (Phi) is 4.39. The molecular formula is C10H19N3O2. The minimum atomic E-state index is -0.0266. The quantitative estimate of drug-likeness (QED) is 0.298. The standard InChI is InChI=1S/C10H19N3O2/c1-2-3-6-13(8-4-5-8)10(14)7-9(11)12-15/h8,15H,2-7H2,1H3,(H2,11,12). The van der Waals surface area contributed by atoms with Crippen molar-refractivity contribution >= 4 is 11.7 Å². The largest absolute Gasteiger partial charge is 0.409 e. The van der Waals surface area contributed by atoms with Crippen LogP contribution in [-0.4, -0.2) is 34.4 Å². The van der Waals surface area contributed by atoms with Crippen LogP contribution in [0.4, 0.5) is 0 Å². The zero-order valence-corrected chi connectivity index (χ0v) is 9.15. The van der Waals surface area contributed by atoms with Crippen LogP contribution in [0.15, 0.2) is 5.16 Å². The first-order valence-corrected chi connectivity index (χ1v) is 5.45. The van der Waals surface area contributed by atoms with Crippen molar-refractivity contribution in [3.63, 3.8) is 0 Å². The molecule has 0 heterocycles. The Morgan fingerprint density at radius 1 is 1.60 bits per heavy atom. The number of oxime groups is 1. The predicted octanol–water partition coefficient (Wildman–Crippen LogP) is 0.914. The number of nitrogens with zero attached hydrogens (tertiary/aromatic N) is 2. The summed E-state index contributed by atoms with van der Waals surface area (Å²) in [4.78, 5) is 13.6. The van der Waals surface area contributed by atoms with Crippen molar-refractivity contribution in [1.82, 2.24) is 4.90 Å². The van der Waals surface area contributed by atoms with Gasteiger partial charge in [0.25, 0.3) is 0 Å². The lowest BCUT2D eigenvalue weighted by Gasteiger charge is -2.21. The normalized spacial score (nSPS) is 16.5. The Hall–Kier alpha value is -1.26. The summed E-state index contributed by atoms with van der Waals surface area (Å²) in [5.74, 6) is -0.0385. The van der Waals surface area contributed by atoms with E-state index in [0.29, 0.717) is 6.04 Å². The van der Waals surface area contributed by atoms with Crippen LogP contribution in [0, 0.1) is 0 Å². The first-order chi connectivity index (χ1) is 7.19. The number of amides is 1. The number of carbonyl (C=O) groups excluding carboxylic acids is 1. The highest BCUT2D eigenvalue weighted by Gasteiger charge is 2.32. The van der Waals surface area contributed by atoms with Gasteiger partial charge in [0, 0.05) is 12.6 Å². The fourth-order valence-electron chi connectivity index (χ4n) is 1.52. The number of hydrogen-bond acceptors (Lipinski definition) is 3. The van der Waals surface area contributed by atoms with Gasteiger partial charge in [-0.05, 0) is 19.3 Å². The summed E-state index contributed by atoms with van der Waals surface area (Å²) in [7, 11) is 0. The zero-order chi connectivity index (χ0) is 11.3. The highest BCUT2D eigenvalue weighted by Crippen LogP contribution is 2.27. The van der Waals surface area contributed by atoms with E-state index < -0.39 is 0 Å². The van der Waals surface area contributed by atoms with Gasteiger partial charge < -0.3 is 15.8 Å². The van der Waals surface area contributed by atoms with Crippen LogP contribution in [0.3, 0.4) is 0 Å². The molecular weight excluding hydrogens is 194 g/mol. The molecule has 0 aromatic rings. The molecule has 0 aliphatic heterocycles. The Balaban J connectivity index is 2.43. The summed E-state index contributed by atoms with van der Waals surface area (Å²) in [6, 6.07) is 0.399. The van der Waals surface area contributed by atoms with Gasteiger partial charge in [0.15, 0.2) is 0 Å². The maximum absolute atomic E-state index is 11.8. The molecule has 86 valence electrons. The zero-order valence-electron chi connectivity index (χ0n) is 9.15. The molecule has 0 bridgehead atoms. The SMILES string of the molecule is CCCCN(C(=O)CC(N)=NO)C1CC1. The number of carbonyl (C=O) groups is 1. The molecule has 1 aliphatic carbocycles. The maximum atomic E-state index is 11.8. The third-order valence-corrected chi connectivity index (χ3v) is 2.52. The van der Waals surface area contributed by atoms with Crippen molar-refractivity contribution in [2.45, 2.75) is 45.1 Å². The molecule has 0 spiro atoms. The van der Waals surface area contributed by atoms with Gasteiger partial charge in [0.2, 0.25) is 5.91 Å². The van der Waals surface area contributed by atoms with Crippen molar-refractivity contribution in [3.8, 4) is 0 Å². The van der Waals surface area contributed by atoms with E-state index in [1.807, 2.05) is 4.90 Å². The molecule has 0 aromatic heterocycles. The van der Waals surface area contributed by atoms with Crippen LogP contribution in [-0.2, 0) is 4.79 Å². The van der Waals surface area contributed by atoms with Crippen molar-refractivity contribution in [2.75, 3.05) is 6.54 Å². The van der Waals surface area contributed by atoms with Crippen molar-refractivity contribution in [2.24, 2.45) is 10.9 Å². The van der Waals surface area contributed by atoms with Gasteiger partial charge in [-0.3, -0.25) is 4.79 Å². The van der Waals surface area contributed by atoms with Gasteiger partial charge in [-0.25, -0.2) is 0 Å². The first-order valence-electron chi connectivity index (χ1n) is 5.45. The maximum Gasteiger partial charge on any atom is 0.230 e. The van der Waals surface area contributed by atoms with Crippen LogP contribution in [0.1, 0.15) is 39.0 Å². The molecule has 0 aromatic carbocycles. The lowest BCUT2D eigenvalue weighted by molar-refractivity contribution is -0.130. The molecule has 1 amide bonds. The van der Waals surface area contributed by atoms with Crippen molar-refractivity contribution in [3.05, 3.63) is 0 Å². The van der Waals surface area contributed by atoms with Gasteiger partial charge in [-0.1, -0.05) is 18.5 Å². The predicted molar refractivity (Wildman–Crippen MR) is 57.7 cm³/mol. The molecule has 0 atom stereocenters. The van der Waals surface area contributed by atoms with E-state index >= 15 is 0 Å². The fourth-order valence-corrected chi connectivity index (χ4v) is 1.52. The minimum absolute atomic E-state index is 0.0119. The number of hydrogen-bond donors (Lipinski definition) is 2. The molecule has 0 saturated heterocycles. The minimum Gasteiger partial charge on any atom is -0.409 e. The first kappa shape index (κ1) is 11.8. The highest BCUT2D eigenvalue weighted by atomic mass is 16.4. The number of amidine groups is 1. The monoisotopic (exact) mass is 213 g/mol. The van der Waals surface area contributed by atoms with E-state index in [9.17, 15) is 4.79 Å². The molecule has 15 heavy (non-hydrogen) atoms. The summed E-state index contributed by atoms with van der Waals surface area (Å²) < 4.78 is 0. The molecule has 1 saturated carbocycles. The third kappa shape index (κ3) is 3.77. The van der Waals surface area contributed by atoms with E-state index in [1.165, 1.54) is 0 Å².